The van der Waals surface area contributed by atoms with Crippen LogP contribution in [0.15, 0.2) is 241 Å². The molecule has 12 rings (SSSR count). The molecule has 0 saturated heterocycles. The number of rotatable bonds is 12. The molecule has 0 saturated carbocycles. The molecule has 82 heavy (non-hydrogen) atoms. The minimum Gasteiger partial charge on any atom is -0.321 e. The number of ketones is 4. The van der Waals surface area contributed by atoms with Crippen LogP contribution in [-0.4, -0.2) is 46.8 Å². The minimum absolute atomic E-state index is 0.0214. The summed E-state index contributed by atoms with van der Waals surface area (Å²) >= 11 is 0. The zero-order chi connectivity index (χ0) is 56.4. The van der Waals surface area contributed by atoms with Gasteiger partial charge in [0.05, 0.1) is 56.4 Å². The van der Waals surface area contributed by atoms with Crippen molar-refractivity contribution in [1.82, 2.24) is 0 Å². The van der Waals surface area contributed by atoms with Crippen molar-refractivity contribution in [3.05, 3.63) is 297 Å². The molecule has 0 atom stereocenters. The first-order valence-corrected chi connectivity index (χ1v) is 25.9. The summed E-state index contributed by atoms with van der Waals surface area (Å²) in [5, 5.41) is 20.3. The van der Waals surface area contributed by atoms with Crippen LogP contribution in [0.1, 0.15) is 105 Å². The summed E-state index contributed by atoms with van der Waals surface area (Å²) in [4.78, 5) is 111. The fraction of sp³-hybridized carbons (Fsp3) is 0. The van der Waals surface area contributed by atoms with Crippen LogP contribution in [-0.2, 0) is 0 Å². The summed E-state index contributed by atoms with van der Waals surface area (Å²) in [5.74, 6) is -3.89. The van der Waals surface area contributed by atoms with Gasteiger partial charge >= 0.3 is 0 Å². The number of anilines is 4. The third-order valence-corrected chi connectivity index (χ3v) is 14.1. The molecule has 0 radical (unpaired) electrons. The summed E-state index contributed by atoms with van der Waals surface area (Å²) < 4.78 is 0. The Morgan fingerprint density at radius 2 is 0.622 bits per heavy atom. The molecule has 0 aromatic heterocycles. The third kappa shape index (κ3) is 9.75. The van der Waals surface area contributed by atoms with Gasteiger partial charge in [-0.3, -0.25) is 38.4 Å². The molecule has 14 nitrogen and oxygen atoms in total. The molecule has 0 spiro atoms. The molecule has 0 bridgehead atoms. The molecule has 0 unspecified atom stereocenters. The largest absolute Gasteiger partial charge is 0.321 e. The lowest BCUT2D eigenvalue weighted by atomic mass is 9.82. The Morgan fingerprint density at radius 3 is 1.07 bits per heavy atom. The second-order valence-electron chi connectivity index (χ2n) is 19.2. The number of amides is 4. The van der Waals surface area contributed by atoms with Crippen LogP contribution in [0.25, 0.3) is 22.3 Å². The first-order chi connectivity index (χ1) is 40.0. The van der Waals surface area contributed by atoms with Gasteiger partial charge < -0.3 is 21.3 Å². The van der Waals surface area contributed by atoms with Gasteiger partial charge in [0.1, 0.15) is 0 Å². The van der Waals surface area contributed by atoms with Crippen molar-refractivity contribution in [3.63, 3.8) is 0 Å². The van der Waals surface area contributed by atoms with E-state index < -0.39 is 46.8 Å². The van der Waals surface area contributed by atoms with Crippen molar-refractivity contribution >= 4 is 80.9 Å². The van der Waals surface area contributed by atoms with E-state index in [1.165, 1.54) is 24.3 Å². The monoisotopic (exact) mass is 1070 g/mol. The third-order valence-electron chi connectivity index (χ3n) is 14.1. The maximum Gasteiger partial charge on any atom is 0.256 e. The minimum atomic E-state index is -0.571. The van der Waals surface area contributed by atoms with Crippen molar-refractivity contribution in [2.75, 3.05) is 21.3 Å². The lowest BCUT2D eigenvalue weighted by Crippen LogP contribution is -2.26. The Morgan fingerprint density at radius 1 is 0.268 bits per heavy atom. The second-order valence-corrected chi connectivity index (χ2v) is 19.2. The molecule has 0 heterocycles. The predicted octanol–water partition coefficient (Wildman–Crippen LogP) is 14.0. The van der Waals surface area contributed by atoms with Gasteiger partial charge in [0, 0.05) is 44.5 Å². The van der Waals surface area contributed by atoms with E-state index >= 15 is 0 Å². The van der Waals surface area contributed by atoms with Gasteiger partial charge in [0.15, 0.2) is 23.1 Å². The topological polar surface area (TPSA) is 209 Å². The summed E-state index contributed by atoms with van der Waals surface area (Å²) in [5.41, 5.74) is 6.10. The molecule has 0 aliphatic heterocycles. The van der Waals surface area contributed by atoms with Gasteiger partial charge in [-0.25, -0.2) is 0 Å². The number of azo groups is 1. The zero-order valence-electron chi connectivity index (χ0n) is 43.1. The molecule has 10 aromatic rings. The number of carbonyl (C=O) groups is 8. The van der Waals surface area contributed by atoms with Gasteiger partial charge in [-0.1, -0.05) is 146 Å². The molecule has 2 aliphatic rings. The number of nitrogens with zero attached hydrogens (tertiary/aromatic N) is 2. The van der Waals surface area contributed by atoms with Crippen LogP contribution >= 0.6 is 0 Å². The normalized spacial score (nSPS) is 12.1. The second kappa shape index (κ2) is 21.6. The van der Waals surface area contributed by atoms with Gasteiger partial charge in [-0.05, 0) is 107 Å². The Balaban J connectivity index is 0.755. The summed E-state index contributed by atoms with van der Waals surface area (Å²) in [6.07, 6.45) is 0. The van der Waals surface area contributed by atoms with E-state index in [4.69, 9.17) is 0 Å². The molecule has 2 aliphatic carbocycles. The van der Waals surface area contributed by atoms with Crippen LogP contribution in [0.2, 0.25) is 0 Å². The number of hydrogen-bond acceptors (Lipinski definition) is 10. The summed E-state index contributed by atoms with van der Waals surface area (Å²) in [7, 11) is 0. The quantitative estimate of drug-likeness (QED) is 0.0863. The Kier molecular flexibility index (Phi) is 13.5. The highest BCUT2D eigenvalue weighted by Crippen LogP contribution is 2.39. The van der Waals surface area contributed by atoms with E-state index in [0.717, 1.165) is 11.1 Å². The molecule has 10 aromatic carbocycles. The van der Waals surface area contributed by atoms with Gasteiger partial charge in [-0.2, -0.15) is 10.2 Å². The molecule has 4 amide bonds. The number of fused-ring (bicyclic) bond motifs is 4. The predicted molar refractivity (Wildman–Crippen MR) is 312 cm³/mol. The standard InChI is InChI=1S/C68H42N6O8/c75-61-50-25-13-29-55(59(50)62(76)48-23-11-27-53(57(48)61)69-65(79)41-17-6-2-7-18-41)71-67(81)44-22-10-21-43(37-44)39-31-33-45(34-32-39)73-74-46-35-36-47(40-15-4-1-5-16-40)52(38-46)68(82)72-56-30-14-26-51-60(56)64(78)49-24-12-28-54(58(49)63(51)77)70-66(80)42-19-8-3-9-20-42/h1-38H,(H,69,79)(H,70,80)(H,71,81)(H,72,82). The zero-order valence-corrected chi connectivity index (χ0v) is 43.1. The molecule has 14 heteroatoms. The van der Waals surface area contributed by atoms with Gasteiger partial charge in [0.2, 0.25) is 0 Å². The highest BCUT2D eigenvalue weighted by molar-refractivity contribution is 6.34. The first kappa shape index (κ1) is 51.1. The molecular weight excluding hydrogens is 1030 g/mol. The van der Waals surface area contributed by atoms with E-state index in [-0.39, 0.29) is 78.4 Å². The lowest BCUT2D eigenvalue weighted by Gasteiger charge is -2.23. The van der Waals surface area contributed by atoms with Crippen molar-refractivity contribution in [2.24, 2.45) is 10.2 Å². The van der Waals surface area contributed by atoms with Crippen LogP contribution in [0.3, 0.4) is 0 Å². The van der Waals surface area contributed by atoms with Crippen LogP contribution in [0.4, 0.5) is 34.1 Å². The van der Waals surface area contributed by atoms with Crippen LogP contribution < -0.4 is 21.3 Å². The van der Waals surface area contributed by atoms with E-state index in [0.29, 0.717) is 33.6 Å². The van der Waals surface area contributed by atoms with E-state index in [2.05, 4.69) is 31.5 Å². The number of benzene rings is 10. The average Bonchev–Trinajstić information content (AvgIpc) is 3.47. The SMILES string of the molecule is O=C(Nc1cccc2c1C(=O)c1cccc(NC(=O)c3cccc(-c4ccc(N=Nc5ccc(-c6ccccc6)c(C(=O)Nc6cccc7c6C(=O)c6cccc(NC(=O)c8ccccc8)c6C7=O)c5)cc4)c3)c1C2=O)c1ccccc1. The Bertz CT molecular complexity index is 4370. The molecule has 0 fully saturated rings. The van der Waals surface area contributed by atoms with Crippen LogP contribution in [0.5, 0.6) is 0 Å². The maximum absolute atomic E-state index is 14.5. The van der Waals surface area contributed by atoms with Crippen molar-refractivity contribution in [2.45, 2.75) is 0 Å². The smallest absolute Gasteiger partial charge is 0.256 e. The summed E-state index contributed by atoms with van der Waals surface area (Å²) in [6, 6.07) is 64.2. The van der Waals surface area contributed by atoms with Gasteiger partial charge in [0.25, 0.3) is 23.6 Å². The van der Waals surface area contributed by atoms with Crippen molar-refractivity contribution in [1.29, 1.82) is 0 Å². The van der Waals surface area contributed by atoms with Gasteiger partial charge in [-0.15, -0.1) is 0 Å². The molecule has 392 valence electrons. The number of hydrogen-bond donors (Lipinski definition) is 4. The Hall–Kier alpha value is -11.6. The van der Waals surface area contributed by atoms with Crippen molar-refractivity contribution in [3.8, 4) is 22.3 Å². The van der Waals surface area contributed by atoms with E-state index in [9.17, 15) is 38.4 Å². The highest BCUT2D eigenvalue weighted by Gasteiger charge is 2.36. The number of nitrogens with one attached hydrogen (secondary N) is 4. The lowest BCUT2D eigenvalue weighted by molar-refractivity contribution is 0.0977. The van der Waals surface area contributed by atoms with E-state index in [1.54, 1.807) is 158 Å². The number of carbonyl (C=O) groups excluding carboxylic acids is 8. The summed E-state index contributed by atoms with van der Waals surface area (Å²) in [6.45, 7) is 0. The maximum atomic E-state index is 14.5. The Labute approximate surface area is 468 Å². The van der Waals surface area contributed by atoms with E-state index in [1.807, 2.05) is 48.5 Å². The fourth-order valence-corrected chi connectivity index (χ4v) is 10.2. The molecule has 4 N–H and O–H groups in total. The van der Waals surface area contributed by atoms with Crippen LogP contribution in [0, 0.1) is 0 Å². The average molecular weight is 1070 g/mol. The first-order valence-electron chi connectivity index (χ1n) is 25.9. The molecular formula is C68H42N6O8. The highest BCUT2D eigenvalue weighted by atomic mass is 16.2. The fourth-order valence-electron chi connectivity index (χ4n) is 10.2. The van der Waals surface area contributed by atoms with Crippen molar-refractivity contribution < 1.29 is 38.4 Å².